The number of nitro groups is 2. The summed E-state index contributed by atoms with van der Waals surface area (Å²) < 4.78 is 5.70. The SMILES string of the molecule is C/C(=N\NC(=O)c1nnn(-c2nonc2N)c1-c1ccc([N+](=O)[O-])cc1)c1ccc([N+](=O)[O-])cc1. The normalized spacial score (nSPS) is 11.3. The molecule has 0 unspecified atom stereocenters. The average molecular weight is 478 g/mol. The molecule has 0 radical (unpaired) electrons. The number of benzene rings is 2. The van der Waals surface area contributed by atoms with Crippen molar-refractivity contribution in [3.63, 3.8) is 0 Å². The number of rotatable bonds is 7. The number of hydrazone groups is 1. The standard InChI is InChI=1S/C19H14N10O6/c1-10(11-2-6-13(7-3-11)28(31)32)21-23-19(30)15-16(12-4-8-14(9-5-12)29(33)34)27(26-22-15)18-17(20)24-35-25-18/h2-9H,1H3,(H2,20,24)(H,23,30)/b21-10+. The lowest BCUT2D eigenvalue weighted by Crippen LogP contribution is -2.21. The first-order valence-electron chi connectivity index (χ1n) is 9.64. The second kappa shape index (κ2) is 9.14. The Kier molecular flexibility index (Phi) is 5.91. The van der Waals surface area contributed by atoms with Crippen LogP contribution in [-0.2, 0) is 0 Å². The quantitative estimate of drug-likeness (QED) is 0.221. The molecule has 16 nitrogen and oxygen atoms in total. The number of anilines is 1. The van der Waals surface area contributed by atoms with Crippen molar-refractivity contribution in [3.8, 4) is 17.1 Å². The van der Waals surface area contributed by atoms with Gasteiger partial charge in [-0.2, -0.15) is 9.78 Å². The van der Waals surface area contributed by atoms with Crippen LogP contribution in [0.15, 0.2) is 58.3 Å². The molecule has 2 aromatic heterocycles. The highest BCUT2D eigenvalue weighted by molar-refractivity contribution is 6.02. The van der Waals surface area contributed by atoms with E-state index in [2.05, 4.69) is 35.8 Å². The monoisotopic (exact) mass is 478 g/mol. The lowest BCUT2D eigenvalue weighted by Gasteiger charge is -2.06. The van der Waals surface area contributed by atoms with E-state index in [0.717, 1.165) is 4.68 Å². The smallest absolute Gasteiger partial charge is 0.294 e. The molecule has 16 heteroatoms. The first-order chi connectivity index (χ1) is 16.8. The summed E-state index contributed by atoms with van der Waals surface area (Å²) in [7, 11) is 0. The van der Waals surface area contributed by atoms with Gasteiger partial charge in [-0.15, -0.1) is 5.10 Å². The second-order valence-electron chi connectivity index (χ2n) is 6.92. The fraction of sp³-hybridized carbons (Fsp3) is 0.0526. The summed E-state index contributed by atoms with van der Waals surface area (Å²) in [5.74, 6) is -0.937. The van der Waals surface area contributed by atoms with Gasteiger partial charge in [0.1, 0.15) is 5.69 Å². The molecule has 4 rings (SSSR count). The Hall–Kier alpha value is -5.54. The van der Waals surface area contributed by atoms with Gasteiger partial charge < -0.3 is 5.73 Å². The van der Waals surface area contributed by atoms with Gasteiger partial charge in [0.05, 0.1) is 15.6 Å². The van der Waals surface area contributed by atoms with Crippen molar-refractivity contribution in [3.05, 3.63) is 80.0 Å². The number of nitrogens with zero attached hydrogens (tertiary/aromatic N) is 8. The molecule has 0 spiro atoms. The number of nitro benzene ring substituents is 2. The summed E-state index contributed by atoms with van der Waals surface area (Å²) in [4.78, 5) is 33.7. The molecule has 176 valence electrons. The van der Waals surface area contributed by atoms with E-state index in [1.54, 1.807) is 6.92 Å². The minimum absolute atomic E-state index is 0.0459. The van der Waals surface area contributed by atoms with Crippen molar-refractivity contribution in [1.29, 1.82) is 0 Å². The Morgan fingerprint density at radius 3 is 2.17 bits per heavy atom. The van der Waals surface area contributed by atoms with Gasteiger partial charge in [0.2, 0.25) is 11.6 Å². The molecule has 0 aliphatic heterocycles. The second-order valence-corrected chi connectivity index (χ2v) is 6.92. The van der Waals surface area contributed by atoms with Crippen molar-refractivity contribution in [2.45, 2.75) is 6.92 Å². The highest BCUT2D eigenvalue weighted by atomic mass is 16.6. The van der Waals surface area contributed by atoms with Crippen LogP contribution in [0.2, 0.25) is 0 Å². The van der Waals surface area contributed by atoms with Crippen molar-refractivity contribution in [2.75, 3.05) is 5.73 Å². The molecule has 0 saturated heterocycles. The van der Waals surface area contributed by atoms with Gasteiger partial charge in [-0.25, -0.2) is 10.1 Å². The highest BCUT2D eigenvalue weighted by Crippen LogP contribution is 2.28. The van der Waals surface area contributed by atoms with Crippen molar-refractivity contribution in [1.82, 2.24) is 30.7 Å². The summed E-state index contributed by atoms with van der Waals surface area (Å²) in [6.07, 6.45) is 0. The Labute approximate surface area is 194 Å². The molecule has 3 N–H and O–H groups in total. The summed E-state index contributed by atoms with van der Waals surface area (Å²) in [5.41, 5.74) is 9.00. The van der Waals surface area contributed by atoms with E-state index >= 15 is 0 Å². The van der Waals surface area contributed by atoms with Crippen LogP contribution < -0.4 is 11.2 Å². The summed E-state index contributed by atoms with van der Waals surface area (Å²) in [6.45, 7) is 1.59. The Bertz CT molecular complexity index is 1460. The number of carbonyl (C=O) groups is 1. The molecule has 1 amide bonds. The Morgan fingerprint density at radius 2 is 1.63 bits per heavy atom. The van der Waals surface area contributed by atoms with E-state index in [4.69, 9.17) is 5.73 Å². The molecule has 0 atom stereocenters. The van der Waals surface area contributed by atoms with Crippen molar-refractivity contribution >= 4 is 28.8 Å². The highest BCUT2D eigenvalue weighted by Gasteiger charge is 2.25. The number of carbonyl (C=O) groups excluding carboxylic acids is 1. The molecular formula is C19H14N10O6. The van der Waals surface area contributed by atoms with Gasteiger partial charge in [-0.3, -0.25) is 25.0 Å². The third kappa shape index (κ3) is 4.51. The molecule has 0 aliphatic rings. The zero-order valence-electron chi connectivity index (χ0n) is 17.7. The first kappa shape index (κ1) is 22.6. The molecule has 0 bridgehead atoms. The van der Waals surface area contributed by atoms with Gasteiger partial charge in [-0.1, -0.05) is 5.21 Å². The number of nitrogen functional groups attached to an aromatic ring is 1. The van der Waals surface area contributed by atoms with Gasteiger partial charge in [-0.05, 0) is 47.1 Å². The maximum Gasteiger partial charge on any atom is 0.294 e. The zero-order chi connectivity index (χ0) is 25.1. The van der Waals surface area contributed by atoms with E-state index < -0.39 is 15.8 Å². The number of non-ortho nitro benzene ring substituents is 2. The number of hydrogen-bond donors (Lipinski definition) is 2. The van der Waals surface area contributed by atoms with Crippen LogP contribution >= 0.6 is 0 Å². The maximum atomic E-state index is 12.9. The summed E-state index contributed by atoms with van der Waals surface area (Å²) in [5, 5.41) is 40.8. The topological polar surface area (TPSA) is 223 Å². The molecular weight excluding hydrogens is 464 g/mol. The predicted molar refractivity (Wildman–Crippen MR) is 118 cm³/mol. The molecule has 2 heterocycles. The van der Waals surface area contributed by atoms with Crippen LogP contribution in [0, 0.1) is 20.2 Å². The van der Waals surface area contributed by atoms with Gasteiger partial charge in [0.25, 0.3) is 17.3 Å². The zero-order valence-corrected chi connectivity index (χ0v) is 17.7. The molecule has 4 aromatic rings. The minimum Gasteiger partial charge on any atom is -0.378 e. The fourth-order valence-electron chi connectivity index (χ4n) is 3.00. The Morgan fingerprint density at radius 1 is 1.03 bits per heavy atom. The van der Waals surface area contributed by atoms with Gasteiger partial charge in [0, 0.05) is 29.8 Å². The lowest BCUT2D eigenvalue weighted by atomic mass is 10.1. The Balaban J connectivity index is 1.68. The van der Waals surface area contributed by atoms with Crippen LogP contribution in [0.25, 0.3) is 17.1 Å². The number of nitrogens with two attached hydrogens (primary N) is 1. The third-order valence-electron chi connectivity index (χ3n) is 4.75. The van der Waals surface area contributed by atoms with Crippen LogP contribution in [0.4, 0.5) is 17.2 Å². The molecule has 35 heavy (non-hydrogen) atoms. The van der Waals surface area contributed by atoms with Crippen LogP contribution in [0.5, 0.6) is 0 Å². The number of amides is 1. The van der Waals surface area contributed by atoms with Crippen molar-refractivity contribution in [2.24, 2.45) is 5.10 Å². The lowest BCUT2D eigenvalue weighted by molar-refractivity contribution is -0.385. The first-order valence-corrected chi connectivity index (χ1v) is 9.64. The third-order valence-corrected chi connectivity index (χ3v) is 4.75. The van der Waals surface area contributed by atoms with Crippen LogP contribution in [0.1, 0.15) is 23.0 Å². The van der Waals surface area contributed by atoms with E-state index in [9.17, 15) is 25.0 Å². The van der Waals surface area contributed by atoms with E-state index in [1.165, 1.54) is 48.5 Å². The average Bonchev–Trinajstić information content (AvgIpc) is 3.48. The fourth-order valence-corrected chi connectivity index (χ4v) is 3.00. The van der Waals surface area contributed by atoms with Crippen LogP contribution in [-0.4, -0.2) is 46.8 Å². The largest absolute Gasteiger partial charge is 0.378 e. The summed E-state index contributed by atoms with van der Waals surface area (Å²) >= 11 is 0. The number of hydrogen-bond acceptors (Lipinski definition) is 12. The summed E-state index contributed by atoms with van der Waals surface area (Å²) in [6, 6.07) is 10.9. The van der Waals surface area contributed by atoms with Crippen LogP contribution in [0.3, 0.4) is 0 Å². The number of aromatic nitrogens is 5. The molecule has 2 aromatic carbocycles. The van der Waals surface area contributed by atoms with E-state index in [-0.39, 0.29) is 34.4 Å². The molecule has 0 aliphatic carbocycles. The molecule has 0 saturated carbocycles. The van der Waals surface area contributed by atoms with Gasteiger partial charge in [0.15, 0.2) is 5.69 Å². The minimum atomic E-state index is -0.763. The number of nitrogens with one attached hydrogen (secondary N) is 1. The maximum absolute atomic E-state index is 12.9. The van der Waals surface area contributed by atoms with Crippen molar-refractivity contribution < 1.29 is 19.3 Å². The predicted octanol–water partition coefficient (Wildman–Crippen LogP) is 1.87. The van der Waals surface area contributed by atoms with Gasteiger partial charge >= 0.3 is 0 Å². The molecule has 0 fully saturated rings. The van der Waals surface area contributed by atoms with E-state index in [1.807, 2.05) is 0 Å². The van der Waals surface area contributed by atoms with E-state index in [0.29, 0.717) is 16.8 Å².